The lowest BCUT2D eigenvalue weighted by atomic mass is 10.00. The maximum atomic E-state index is 12.5. The Morgan fingerprint density at radius 1 is 1.13 bits per heavy atom. The van der Waals surface area contributed by atoms with Gasteiger partial charge in [0.1, 0.15) is 11.4 Å². The third-order valence-electron chi connectivity index (χ3n) is 4.67. The molecule has 1 N–H and O–H groups in total. The minimum absolute atomic E-state index is 0.0728. The number of ether oxygens (including phenoxy) is 1. The van der Waals surface area contributed by atoms with Crippen molar-refractivity contribution in [2.24, 2.45) is 5.92 Å². The molecule has 3 rings (SSSR count). The van der Waals surface area contributed by atoms with Crippen LogP contribution in [-0.4, -0.2) is 38.5 Å². The van der Waals surface area contributed by atoms with E-state index in [0.717, 1.165) is 17.7 Å². The van der Waals surface area contributed by atoms with E-state index in [0.29, 0.717) is 23.4 Å². The van der Waals surface area contributed by atoms with Gasteiger partial charge in [0.2, 0.25) is 11.1 Å². The molecule has 0 saturated carbocycles. The van der Waals surface area contributed by atoms with Crippen molar-refractivity contribution in [2.45, 2.75) is 45.3 Å². The van der Waals surface area contributed by atoms with Gasteiger partial charge in [-0.25, -0.2) is 0 Å². The minimum atomic E-state index is -0.0733. The number of carbonyl (C=O) groups excluding carboxylic acids is 1. The molecule has 0 bridgehead atoms. The van der Waals surface area contributed by atoms with Crippen LogP contribution in [-0.2, 0) is 11.2 Å². The Labute approximate surface area is 187 Å². The molecule has 0 aliphatic carbocycles. The number of hydrogen-bond donors (Lipinski definition) is 1. The number of nitrogens with one attached hydrogen (secondary N) is 1. The van der Waals surface area contributed by atoms with Crippen molar-refractivity contribution in [3.05, 3.63) is 59.7 Å². The van der Waals surface area contributed by atoms with Crippen molar-refractivity contribution < 1.29 is 9.53 Å². The quantitative estimate of drug-likeness (QED) is 0.476. The fraction of sp³-hybridized carbons (Fsp3) is 0.391. The van der Waals surface area contributed by atoms with Gasteiger partial charge in [0.15, 0.2) is 0 Å². The number of benzene rings is 2. The Bertz CT molecular complexity index is 988. The largest absolute Gasteiger partial charge is 0.492 e. The second kappa shape index (κ2) is 10.9. The monoisotopic (exact) mass is 439 g/mol. The fourth-order valence-corrected chi connectivity index (χ4v) is 3.94. The molecule has 0 aliphatic rings. The molecule has 0 spiro atoms. The topological polar surface area (TPSA) is 81.9 Å². The lowest BCUT2D eigenvalue weighted by Gasteiger charge is -2.15. The van der Waals surface area contributed by atoms with Crippen molar-refractivity contribution in [1.82, 2.24) is 25.5 Å². The summed E-state index contributed by atoms with van der Waals surface area (Å²) in [5.41, 5.74) is 3.14. The molecule has 0 aliphatic heterocycles. The predicted octanol–water partition coefficient (Wildman–Crippen LogP) is 4.23. The van der Waals surface area contributed by atoms with E-state index < -0.39 is 0 Å². The van der Waals surface area contributed by atoms with Crippen molar-refractivity contribution in [2.75, 3.05) is 12.4 Å². The third-order valence-corrected chi connectivity index (χ3v) is 5.59. The minimum Gasteiger partial charge on any atom is -0.492 e. The van der Waals surface area contributed by atoms with Crippen molar-refractivity contribution >= 4 is 17.7 Å². The zero-order valence-electron chi connectivity index (χ0n) is 18.4. The number of nitrogens with zero attached hydrogens (tertiary/aromatic N) is 4. The fourth-order valence-electron chi connectivity index (χ4n) is 3.24. The first-order valence-corrected chi connectivity index (χ1v) is 11.5. The first kappa shape index (κ1) is 22.8. The molecule has 164 valence electrons. The van der Waals surface area contributed by atoms with Gasteiger partial charge in [0.05, 0.1) is 18.4 Å². The van der Waals surface area contributed by atoms with E-state index in [1.54, 1.807) is 4.68 Å². The smallest absolute Gasteiger partial charge is 0.230 e. The number of hydrogen-bond acceptors (Lipinski definition) is 6. The lowest BCUT2D eigenvalue weighted by Crippen LogP contribution is -2.28. The maximum Gasteiger partial charge on any atom is 0.230 e. The highest BCUT2D eigenvalue weighted by Gasteiger charge is 2.16. The Balaban J connectivity index is 1.59. The number of rotatable bonds is 10. The molecular weight excluding hydrogens is 410 g/mol. The van der Waals surface area contributed by atoms with E-state index in [9.17, 15) is 4.79 Å². The van der Waals surface area contributed by atoms with Crippen LogP contribution in [0.4, 0.5) is 0 Å². The number of tetrazole rings is 1. The Hall–Kier alpha value is -2.87. The maximum absolute atomic E-state index is 12.5. The summed E-state index contributed by atoms with van der Waals surface area (Å²) < 4.78 is 7.26. The number of aromatic nitrogens is 4. The van der Waals surface area contributed by atoms with Gasteiger partial charge in [-0.05, 0) is 59.9 Å². The molecule has 0 fully saturated rings. The summed E-state index contributed by atoms with van der Waals surface area (Å²) in [7, 11) is 0. The standard InChI is InChI=1S/C23H29N5O2S/c1-5-30-21-9-7-6-8-20(21)28-23(25-26-27-28)31-15-22(29)24-17(4)19-12-10-18(11-13-19)14-16(2)3/h6-13,16-17H,5,14-15H2,1-4H3,(H,24,29). The lowest BCUT2D eigenvalue weighted by molar-refractivity contribution is -0.119. The molecule has 0 saturated heterocycles. The molecule has 31 heavy (non-hydrogen) atoms. The SMILES string of the molecule is CCOc1ccccc1-n1nnnc1SCC(=O)NC(C)c1ccc(CC(C)C)cc1. The highest BCUT2D eigenvalue weighted by molar-refractivity contribution is 7.99. The summed E-state index contributed by atoms with van der Waals surface area (Å²) in [6, 6.07) is 15.9. The van der Waals surface area contributed by atoms with Gasteiger partial charge in [-0.2, -0.15) is 4.68 Å². The number of carbonyl (C=O) groups is 1. The molecule has 3 aromatic rings. The van der Waals surface area contributed by atoms with Crippen molar-refractivity contribution in [3.8, 4) is 11.4 Å². The second-order valence-corrected chi connectivity index (χ2v) is 8.63. The van der Waals surface area contributed by atoms with Crippen LogP contribution in [0, 0.1) is 5.92 Å². The van der Waals surface area contributed by atoms with Crippen LogP contribution < -0.4 is 10.1 Å². The summed E-state index contributed by atoms with van der Waals surface area (Å²) in [4.78, 5) is 12.5. The average Bonchev–Trinajstić information content (AvgIpc) is 3.21. The Morgan fingerprint density at radius 3 is 2.58 bits per heavy atom. The molecule has 7 nitrogen and oxygen atoms in total. The summed E-state index contributed by atoms with van der Waals surface area (Å²) in [5.74, 6) is 1.46. The highest BCUT2D eigenvalue weighted by Crippen LogP contribution is 2.26. The van der Waals surface area contributed by atoms with E-state index in [-0.39, 0.29) is 17.7 Å². The van der Waals surface area contributed by atoms with E-state index in [1.807, 2.05) is 38.1 Å². The summed E-state index contributed by atoms with van der Waals surface area (Å²) in [6.45, 7) is 8.87. The van der Waals surface area contributed by atoms with Crippen LogP contribution in [0.2, 0.25) is 0 Å². The van der Waals surface area contributed by atoms with Gasteiger partial charge in [0, 0.05) is 0 Å². The molecule has 0 radical (unpaired) electrons. The highest BCUT2D eigenvalue weighted by atomic mass is 32.2. The molecule has 8 heteroatoms. The van der Waals surface area contributed by atoms with Gasteiger partial charge >= 0.3 is 0 Å². The van der Waals surface area contributed by atoms with Crippen LogP contribution in [0.15, 0.2) is 53.7 Å². The zero-order chi connectivity index (χ0) is 22.2. The number of thioether (sulfide) groups is 1. The zero-order valence-corrected chi connectivity index (χ0v) is 19.2. The molecular formula is C23H29N5O2S. The van der Waals surface area contributed by atoms with Gasteiger partial charge < -0.3 is 10.1 Å². The van der Waals surface area contributed by atoms with Crippen molar-refractivity contribution in [3.63, 3.8) is 0 Å². The molecule has 1 heterocycles. The normalized spacial score (nSPS) is 12.0. The molecule has 1 amide bonds. The van der Waals surface area contributed by atoms with E-state index >= 15 is 0 Å². The van der Waals surface area contributed by atoms with E-state index in [4.69, 9.17) is 4.74 Å². The van der Waals surface area contributed by atoms with E-state index in [1.165, 1.54) is 17.3 Å². The van der Waals surface area contributed by atoms with Crippen LogP contribution in [0.25, 0.3) is 5.69 Å². The predicted molar refractivity (Wildman–Crippen MR) is 123 cm³/mol. The first-order valence-electron chi connectivity index (χ1n) is 10.5. The summed E-state index contributed by atoms with van der Waals surface area (Å²) in [6.07, 6.45) is 1.05. The van der Waals surface area contributed by atoms with Gasteiger partial charge in [-0.15, -0.1) is 5.10 Å². The molecule has 1 aromatic heterocycles. The number of amides is 1. The van der Waals surface area contributed by atoms with Crippen LogP contribution >= 0.6 is 11.8 Å². The van der Waals surface area contributed by atoms with Crippen molar-refractivity contribution in [1.29, 1.82) is 0 Å². The molecule has 1 unspecified atom stereocenters. The average molecular weight is 440 g/mol. The summed E-state index contributed by atoms with van der Waals surface area (Å²) >= 11 is 1.29. The molecule has 2 aromatic carbocycles. The van der Waals surface area contributed by atoms with E-state index in [2.05, 4.69) is 59.0 Å². The second-order valence-electron chi connectivity index (χ2n) is 7.69. The van der Waals surface area contributed by atoms with Gasteiger partial charge in [-0.1, -0.05) is 62.0 Å². The van der Waals surface area contributed by atoms with Crippen LogP contribution in [0.5, 0.6) is 5.75 Å². The van der Waals surface area contributed by atoms with Gasteiger partial charge in [0.25, 0.3) is 0 Å². The van der Waals surface area contributed by atoms with Crippen LogP contribution in [0.3, 0.4) is 0 Å². The molecule has 1 atom stereocenters. The van der Waals surface area contributed by atoms with Crippen LogP contribution in [0.1, 0.15) is 44.9 Å². The third kappa shape index (κ3) is 6.30. The van der Waals surface area contributed by atoms with Gasteiger partial charge in [-0.3, -0.25) is 4.79 Å². The number of para-hydroxylation sites is 2. The summed E-state index contributed by atoms with van der Waals surface area (Å²) in [5, 5.41) is 15.5. The first-order chi connectivity index (χ1) is 15.0. The Morgan fingerprint density at radius 2 is 1.87 bits per heavy atom. The Kier molecular flexibility index (Phi) is 8.06.